The lowest BCUT2D eigenvalue weighted by atomic mass is 9.96. The van der Waals surface area contributed by atoms with Crippen molar-refractivity contribution >= 4 is 5.91 Å². The van der Waals surface area contributed by atoms with Gasteiger partial charge in [-0.25, -0.2) is 0 Å². The normalized spacial score (nSPS) is 16.5. The Morgan fingerprint density at radius 2 is 1.71 bits per heavy atom. The van der Waals surface area contributed by atoms with Gasteiger partial charge < -0.3 is 4.90 Å². The molecular formula is C20H19N3O. The number of fused-ring (bicyclic) bond motifs is 1. The summed E-state index contributed by atoms with van der Waals surface area (Å²) in [4.78, 5) is 14.8. The van der Waals surface area contributed by atoms with Crippen LogP contribution in [0, 0.1) is 0 Å². The molecule has 0 aliphatic carbocycles. The molecular weight excluding hydrogens is 298 g/mol. The molecule has 1 aliphatic rings. The molecule has 0 saturated heterocycles. The quantitative estimate of drug-likeness (QED) is 0.789. The topological polar surface area (TPSA) is 49.0 Å². The Morgan fingerprint density at radius 1 is 1.04 bits per heavy atom. The smallest absolute Gasteiger partial charge is 0.273 e. The lowest BCUT2D eigenvalue weighted by Gasteiger charge is -2.25. The number of nitrogens with one attached hydrogen (secondary N) is 1. The van der Waals surface area contributed by atoms with Gasteiger partial charge in [-0.3, -0.25) is 9.89 Å². The van der Waals surface area contributed by atoms with Gasteiger partial charge in [-0.2, -0.15) is 5.10 Å². The van der Waals surface area contributed by atoms with Gasteiger partial charge in [-0.1, -0.05) is 67.6 Å². The fourth-order valence-electron chi connectivity index (χ4n) is 3.47. The molecule has 0 saturated carbocycles. The number of amides is 1. The van der Waals surface area contributed by atoms with Crippen molar-refractivity contribution in [2.24, 2.45) is 0 Å². The highest BCUT2D eigenvalue weighted by molar-refractivity contribution is 6.00. The highest BCUT2D eigenvalue weighted by Crippen LogP contribution is 2.42. The van der Waals surface area contributed by atoms with Crippen LogP contribution in [0.25, 0.3) is 11.3 Å². The first-order valence-electron chi connectivity index (χ1n) is 8.31. The van der Waals surface area contributed by atoms with Gasteiger partial charge in [0.05, 0.1) is 11.7 Å². The summed E-state index contributed by atoms with van der Waals surface area (Å²) in [6, 6.07) is 20.2. The van der Waals surface area contributed by atoms with E-state index in [0.717, 1.165) is 35.3 Å². The average Bonchev–Trinajstić information content (AvgIpc) is 3.17. The molecule has 2 aromatic carbocycles. The number of benzene rings is 2. The van der Waals surface area contributed by atoms with E-state index in [1.807, 2.05) is 53.4 Å². The molecule has 1 unspecified atom stereocenters. The zero-order valence-corrected chi connectivity index (χ0v) is 13.6. The van der Waals surface area contributed by atoms with Gasteiger partial charge >= 0.3 is 0 Å². The summed E-state index contributed by atoms with van der Waals surface area (Å²) in [7, 11) is 0. The molecule has 0 fully saturated rings. The molecule has 1 aliphatic heterocycles. The molecule has 1 atom stereocenters. The van der Waals surface area contributed by atoms with E-state index in [4.69, 9.17) is 0 Å². The molecule has 1 N–H and O–H groups in total. The third kappa shape index (κ3) is 2.22. The van der Waals surface area contributed by atoms with E-state index in [0.29, 0.717) is 5.69 Å². The van der Waals surface area contributed by atoms with E-state index < -0.39 is 0 Å². The summed E-state index contributed by atoms with van der Waals surface area (Å²) < 4.78 is 0. The van der Waals surface area contributed by atoms with Gasteiger partial charge in [0, 0.05) is 17.7 Å². The van der Waals surface area contributed by atoms with Crippen molar-refractivity contribution in [2.75, 3.05) is 6.54 Å². The summed E-state index contributed by atoms with van der Waals surface area (Å²) >= 11 is 0. The predicted octanol–water partition coefficient (Wildman–Crippen LogP) is 4.03. The minimum absolute atomic E-state index is 0.0374. The van der Waals surface area contributed by atoms with E-state index >= 15 is 0 Å². The number of H-pyrrole nitrogens is 1. The highest BCUT2D eigenvalue weighted by Gasteiger charge is 2.41. The maximum atomic E-state index is 12.9. The van der Waals surface area contributed by atoms with E-state index in [1.54, 1.807) is 0 Å². The number of aromatic nitrogens is 2. The number of carbonyl (C=O) groups is 1. The Hall–Kier alpha value is -2.88. The maximum absolute atomic E-state index is 12.9. The molecule has 24 heavy (non-hydrogen) atoms. The fraction of sp³-hybridized carbons (Fsp3) is 0.200. The molecule has 4 heteroatoms. The lowest BCUT2D eigenvalue weighted by molar-refractivity contribution is 0.0744. The van der Waals surface area contributed by atoms with Crippen molar-refractivity contribution in [2.45, 2.75) is 19.4 Å². The largest absolute Gasteiger partial charge is 0.326 e. The second-order valence-corrected chi connectivity index (χ2v) is 6.04. The van der Waals surface area contributed by atoms with Crippen LogP contribution in [-0.2, 0) is 0 Å². The number of carbonyl (C=O) groups excluding carboxylic acids is 1. The number of aromatic amines is 1. The van der Waals surface area contributed by atoms with Crippen molar-refractivity contribution in [1.29, 1.82) is 0 Å². The van der Waals surface area contributed by atoms with Crippen LogP contribution < -0.4 is 0 Å². The van der Waals surface area contributed by atoms with Gasteiger partial charge in [0.2, 0.25) is 0 Å². The molecule has 2 heterocycles. The van der Waals surface area contributed by atoms with Crippen molar-refractivity contribution < 1.29 is 4.79 Å². The minimum Gasteiger partial charge on any atom is -0.326 e. The third-order valence-corrected chi connectivity index (χ3v) is 4.49. The number of nitrogens with zero attached hydrogens (tertiary/aromatic N) is 2. The standard InChI is InChI=1S/C20H19N3O/c1-2-13-23-19(15-11-7-4-8-12-15)16-17(14-9-5-3-6-10-14)21-22-18(16)20(23)24/h3-12,19H,2,13H2,1H3,(H,21,22). The average molecular weight is 317 g/mol. The highest BCUT2D eigenvalue weighted by atomic mass is 16.2. The zero-order valence-electron chi connectivity index (χ0n) is 13.6. The Bertz CT molecular complexity index is 855. The zero-order chi connectivity index (χ0) is 16.5. The number of hydrogen-bond acceptors (Lipinski definition) is 2. The van der Waals surface area contributed by atoms with Gasteiger partial charge in [-0.05, 0) is 12.0 Å². The van der Waals surface area contributed by atoms with Crippen LogP contribution in [0.15, 0.2) is 60.7 Å². The van der Waals surface area contributed by atoms with Gasteiger partial charge in [0.1, 0.15) is 5.69 Å². The van der Waals surface area contributed by atoms with Crippen LogP contribution in [-0.4, -0.2) is 27.5 Å². The number of hydrogen-bond donors (Lipinski definition) is 1. The molecule has 120 valence electrons. The summed E-state index contributed by atoms with van der Waals surface area (Å²) in [5.41, 5.74) is 4.63. The fourth-order valence-corrected chi connectivity index (χ4v) is 3.47. The predicted molar refractivity (Wildman–Crippen MR) is 93.6 cm³/mol. The van der Waals surface area contributed by atoms with Crippen LogP contribution >= 0.6 is 0 Å². The van der Waals surface area contributed by atoms with Gasteiger partial charge in [0.25, 0.3) is 5.91 Å². The Kier molecular flexibility index (Phi) is 3.65. The van der Waals surface area contributed by atoms with E-state index in [9.17, 15) is 4.79 Å². The first-order chi connectivity index (χ1) is 11.8. The second kappa shape index (κ2) is 5.96. The van der Waals surface area contributed by atoms with Crippen molar-refractivity contribution in [1.82, 2.24) is 15.1 Å². The van der Waals surface area contributed by atoms with Crippen LogP contribution in [0.5, 0.6) is 0 Å². The van der Waals surface area contributed by atoms with Crippen LogP contribution in [0.4, 0.5) is 0 Å². The Labute approximate surface area is 141 Å². The molecule has 4 nitrogen and oxygen atoms in total. The second-order valence-electron chi connectivity index (χ2n) is 6.04. The molecule has 3 aromatic rings. The van der Waals surface area contributed by atoms with Gasteiger partial charge in [-0.15, -0.1) is 0 Å². The Balaban J connectivity index is 1.90. The maximum Gasteiger partial charge on any atom is 0.273 e. The molecule has 0 spiro atoms. The lowest BCUT2D eigenvalue weighted by Crippen LogP contribution is -2.30. The molecule has 0 radical (unpaired) electrons. The van der Waals surface area contributed by atoms with Crippen LogP contribution in [0.3, 0.4) is 0 Å². The van der Waals surface area contributed by atoms with Crippen LogP contribution in [0.1, 0.15) is 41.0 Å². The van der Waals surface area contributed by atoms with E-state index in [-0.39, 0.29) is 11.9 Å². The molecule has 4 rings (SSSR count). The summed E-state index contributed by atoms with van der Waals surface area (Å²) in [6.45, 7) is 2.83. The third-order valence-electron chi connectivity index (χ3n) is 4.49. The summed E-state index contributed by atoms with van der Waals surface area (Å²) in [6.07, 6.45) is 0.924. The summed E-state index contributed by atoms with van der Waals surface area (Å²) in [5.74, 6) is 0.0374. The van der Waals surface area contributed by atoms with Crippen molar-refractivity contribution in [3.05, 3.63) is 77.5 Å². The Morgan fingerprint density at radius 3 is 2.38 bits per heavy atom. The van der Waals surface area contributed by atoms with Crippen molar-refractivity contribution in [3.63, 3.8) is 0 Å². The monoisotopic (exact) mass is 317 g/mol. The van der Waals surface area contributed by atoms with Crippen LogP contribution in [0.2, 0.25) is 0 Å². The minimum atomic E-state index is -0.0809. The van der Waals surface area contributed by atoms with E-state index in [1.165, 1.54) is 0 Å². The molecule has 1 aromatic heterocycles. The van der Waals surface area contributed by atoms with E-state index in [2.05, 4.69) is 29.3 Å². The number of rotatable bonds is 4. The van der Waals surface area contributed by atoms with Crippen molar-refractivity contribution in [3.8, 4) is 11.3 Å². The molecule has 0 bridgehead atoms. The SMILES string of the molecule is CCCN1C(=O)c2[nH]nc(-c3ccccc3)c2C1c1ccccc1. The first-order valence-corrected chi connectivity index (χ1v) is 8.31. The summed E-state index contributed by atoms with van der Waals surface area (Å²) in [5, 5.41) is 7.44. The first kappa shape index (κ1) is 14.7. The van der Waals surface area contributed by atoms with Gasteiger partial charge in [0.15, 0.2) is 0 Å². The molecule has 1 amide bonds.